The number of carbonyl (C=O) groups excluding carboxylic acids is 2. The van der Waals surface area contributed by atoms with Crippen molar-refractivity contribution in [1.82, 2.24) is 5.32 Å². The van der Waals surface area contributed by atoms with Crippen molar-refractivity contribution in [3.05, 3.63) is 11.6 Å². The molecule has 6 atom stereocenters. The number of nitrogens with one attached hydrogen (secondary N) is 1. The molecule has 2 rings (SSSR count). The smallest absolute Gasteiger partial charge is 0.414 e. The van der Waals surface area contributed by atoms with Gasteiger partial charge in [-0.1, -0.05) is 11.6 Å². The maximum absolute atomic E-state index is 12.0. The Morgan fingerprint density at radius 2 is 2.03 bits per heavy atom. The molecular weight excluding hydrogens is 422 g/mol. The lowest BCUT2D eigenvalue weighted by Gasteiger charge is -2.54. The summed E-state index contributed by atoms with van der Waals surface area (Å²) in [7, 11) is 1.37. The van der Waals surface area contributed by atoms with Gasteiger partial charge in [-0.15, -0.1) is 23.4 Å². The highest BCUT2D eigenvalue weighted by Gasteiger charge is 2.77. The number of alkyl halides is 1. The largest absolute Gasteiger partial charge is 0.443 e. The lowest BCUT2D eigenvalue weighted by Crippen LogP contribution is -2.73. The van der Waals surface area contributed by atoms with Crippen molar-refractivity contribution in [2.75, 3.05) is 19.2 Å². The molecule has 8 nitrogen and oxygen atoms in total. The molecule has 0 spiro atoms. The first-order chi connectivity index (χ1) is 13.5. The van der Waals surface area contributed by atoms with Gasteiger partial charge in [-0.05, 0) is 46.3 Å². The number of allylic oxidation sites excluding steroid dienone is 1. The first-order valence-corrected chi connectivity index (χ1v) is 11.1. The van der Waals surface area contributed by atoms with Crippen LogP contribution in [-0.2, 0) is 19.0 Å². The van der Waals surface area contributed by atoms with Crippen molar-refractivity contribution in [2.45, 2.75) is 74.5 Å². The molecule has 29 heavy (non-hydrogen) atoms. The van der Waals surface area contributed by atoms with E-state index in [9.17, 15) is 19.8 Å². The van der Waals surface area contributed by atoms with E-state index in [0.29, 0.717) is 6.42 Å². The van der Waals surface area contributed by atoms with Gasteiger partial charge in [0.2, 0.25) is 5.91 Å². The molecule has 1 aliphatic heterocycles. The van der Waals surface area contributed by atoms with Crippen LogP contribution in [0.4, 0.5) is 4.79 Å². The molecule has 1 saturated carbocycles. The number of halogens is 1. The third kappa shape index (κ3) is 4.45. The van der Waals surface area contributed by atoms with E-state index in [4.69, 9.17) is 25.8 Å². The van der Waals surface area contributed by atoms with Crippen LogP contribution in [0.25, 0.3) is 0 Å². The number of hydrogen-bond acceptors (Lipinski definition) is 8. The second-order valence-electron chi connectivity index (χ2n) is 7.81. The zero-order valence-electron chi connectivity index (χ0n) is 17.4. The average molecular weight is 452 g/mol. The Morgan fingerprint density at radius 3 is 2.55 bits per heavy atom. The predicted molar refractivity (Wildman–Crippen MR) is 110 cm³/mol. The fraction of sp³-hybridized carbons (Fsp3) is 0.789. The quantitative estimate of drug-likeness (QED) is 0.233. The van der Waals surface area contributed by atoms with E-state index in [1.54, 1.807) is 13.2 Å². The van der Waals surface area contributed by atoms with Crippen molar-refractivity contribution in [2.24, 2.45) is 0 Å². The van der Waals surface area contributed by atoms with Crippen LogP contribution in [0.5, 0.6) is 0 Å². The van der Waals surface area contributed by atoms with Crippen LogP contribution >= 0.6 is 23.4 Å². The summed E-state index contributed by atoms with van der Waals surface area (Å²) in [5.41, 5.74) is -1.86. The lowest BCUT2D eigenvalue weighted by molar-refractivity contribution is -0.248. The molecule has 0 radical (unpaired) electrons. The van der Waals surface area contributed by atoms with Gasteiger partial charge in [-0.2, -0.15) is 0 Å². The van der Waals surface area contributed by atoms with Crippen LogP contribution in [-0.4, -0.2) is 75.9 Å². The molecule has 166 valence electrons. The molecule has 0 aromatic rings. The molecule has 1 unspecified atom stereocenters. The third-order valence-electron chi connectivity index (χ3n) is 5.77. The Labute approximate surface area is 180 Å². The lowest BCUT2D eigenvalue weighted by atomic mass is 9.68. The van der Waals surface area contributed by atoms with Gasteiger partial charge in [0.05, 0.1) is 6.10 Å². The van der Waals surface area contributed by atoms with Crippen LogP contribution in [0.1, 0.15) is 40.0 Å². The standard InChI is InChI=1S/C19H30ClNO7S/c1-11(2)6-7-13-17(3,28-13)19(25)15(26-4)12(8-9-18(19,24)29-5)27-16(23)21-14(22)10-20/h6,12-13,15,24-25H,7-10H2,1-5H3,(H,21,22,23)/t12-,13?,15-,17-,18+,19+/m1/s1. The number of rotatable bonds is 7. The minimum atomic E-state index is -1.87. The summed E-state index contributed by atoms with van der Waals surface area (Å²) in [6, 6.07) is 0. The Bertz CT molecular complexity index is 673. The second kappa shape index (κ2) is 9.11. The van der Waals surface area contributed by atoms with Crippen molar-refractivity contribution in [3.63, 3.8) is 0 Å². The van der Waals surface area contributed by atoms with Crippen molar-refractivity contribution in [1.29, 1.82) is 0 Å². The molecule has 0 aromatic carbocycles. The van der Waals surface area contributed by atoms with E-state index < -0.39 is 40.3 Å². The maximum Gasteiger partial charge on any atom is 0.414 e. The van der Waals surface area contributed by atoms with Crippen LogP contribution in [0, 0.1) is 0 Å². The highest BCUT2D eigenvalue weighted by Crippen LogP contribution is 2.59. The monoisotopic (exact) mass is 451 g/mol. The first-order valence-electron chi connectivity index (χ1n) is 9.39. The summed E-state index contributed by atoms with van der Waals surface area (Å²) in [5, 5.41) is 25.2. The van der Waals surface area contributed by atoms with Gasteiger partial charge in [0.15, 0.2) is 5.60 Å². The van der Waals surface area contributed by atoms with E-state index in [1.807, 2.05) is 25.2 Å². The normalized spacial score (nSPS) is 38.8. The summed E-state index contributed by atoms with van der Waals surface area (Å²) in [5.74, 6) is -1.08. The highest BCUT2D eigenvalue weighted by molar-refractivity contribution is 7.99. The summed E-state index contributed by atoms with van der Waals surface area (Å²) in [4.78, 5) is 21.8. The van der Waals surface area contributed by atoms with Crippen LogP contribution in [0.15, 0.2) is 11.6 Å². The molecule has 1 saturated heterocycles. The Morgan fingerprint density at radius 1 is 1.38 bits per heavy atom. The third-order valence-corrected chi connectivity index (χ3v) is 7.20. The Balaban J connectivity index is 2.31. The topological polar surface area (TPSA) is 118 Å². The fourth-order valence-corrected chi connectivity index (χ4v) is 5.09. The maximum atomic E-state index is 12.0. The van der Waals surface area contributed by atoms with E-state index in [2.05, 4.69) is 0 Å². The van der Waals surface area contributed by atoms with E-state index in [-0.39, 0.29) is 24.8 Å². The van der Waals surface area contributed by atoms with Gasteiger partial charge in [-0.25, -0.2) is 4.79 Å². The van der Waals surface area contributed by atoms with Crippen LogP contribution in [0.3, 0.4) is 0 Å². The number of imide groups is 1. The van der Waals surface area contributed by atoms with Crippen molar-refractivity contribution >= 4 is 35.4 Å². The number of hydrogen-bond donors (Lipinski definition) is 3. The van der Waals surface area contributed by atoms with Gasteiger partial charge in [0.25, 0.3) is 0 Å². The molecule has 1 heterocycles. The molecule has 0 aromatic heterocycles. The van der Waals surface area contributed by atoms with Gasteiger partial charge >= 0.3 is 6.09 Å². The molecule has 2 aliphatic rings. The summed E-state index contributed by atoms with van der Waals surface area (Å²) < 4.78 is 16.8. The minimum Gasteiger partial charge on any atom is -0.443 e. The number of methoxy groups -OCH3 is 1. The summed E-state index contributed by atoms with van der Waals surface area (Å²) in [6.07, 6.45) is 1.35. The van der Waals surface area contributed by atoms with Crippen molar-refractivity contribution in [3.8, 4) is 0 Å². The van der Waals surface area contributed by atoms with Gasteiger partial charge in [-0.3, -0.25) is 10.1 Å². The number of epoxide rings is 1. The van der Waals surface area contributed by atoms with Crippen LogP contribution < -0.4 is 5.32 Å². The molecule has 1 aliphatic carbocycles. The minimum absolute atomic E-state index is 0.139. The number of alkyl carbamates (subject to hydrolysis) is 1. The number of carbonyl (C=O) groups is 2. The van der Waals surface area contributed by atoms with E-state index in [0.717, 1.165) is 17.3 Å². The molecule has 2 amide bonds. The van der Waals surface area contributed by atoms with Gasteiger partial charge in [0, 0.05) is 7.11 Å². The van der Waals surface area contributed by atoms with Gasteiger partial charge in [0.1, 0.15) is 28.6 Å². The molecular formula is C19H30ClNO7S. The first kappa shape index (κ1) is 24.4. The molecule has 3 N–H and O–H groups in total. The van der Waals surface area contributed by atoms with Crippen molar-refractivity contribution < 1.29 is 34.0 Å². The molecule has 0 bridgehead atoms. The second-order valence-corrected chi connectivity index (χ2v) is 9.16. The summed E-state index contributed by atoms with van der Waals surface area (Å²) >= 11 is 6.50. The van der Waals surface area contributed by atoms with Crippen LogP contribution in [0.2, 0.25) is 0 Å². The SMILES string of the molecule is CO[C@@H]1[C@H](OC(=O)NC(=O)CCl)CC[C@](O)(SC)[C@@]1(O)[C@]1(C)OC1CC=C(C)C. The highest BCUT2D eigenvalue weighted by atomic mass is 35.5. The number of ether oxygens (including phenoxy) is 3. The molecule has 10 heteroatoms. The predicted octanol–water partition coefficient (Wildman–Crippen LogP) is 1.95. The fourth-order valence-electron chi connectivity index (χ4n) is 4.07. The Kier molecular flexibility index (Phi) is 7.68. The zero-order chi connectivity index (χ0) is 22.0. The number of amides is 2. The van der Waals surface area contributed by atoms with E-state index >= 15 is 0 Å². The number of thioether (sulfide) groups is 1. The van der Waals surface area contributed by atoms with Gasteiger partial charge < -0.3 is 24.4 Å². The summed E-state index contributed by atoms with van der Waals surface area (Å²) in [6.45, 7) is 5.66. The zero-order valence-corrected chi connectivity index (χ0v) is 18.9. The number of aliphatic hydroxyl groups is 2. The molecule has 2 fully saturated rings. The van der Waals surface area contributed by atoms with E-state index in [1.165, 1.54) is 7.11 Å². The Hall–Kier alpha value is -0.840. The average Bonchev–Trinajstić information content (AvgIpc) is 3.35.